The molecule has 2 aromatic carbocycles. The number of rotatable bonds is 10. The third kappa shape index (κ3) is 5.24. The van der Waals surface area contributed by atoms with E-state index < -0.39 is 23.8 Å². The summed E-state index contributed by atoms with van der Waals surface area (Å²) in [6, 6.07) is 10.1. The van der Waals surface area contributed by atoms with E-state index in [0.29, 0.717) is 17.2 Å². The van der Waals surface area contributed by atoms with Crippen LogP contribution in [0.5, 0.6) is 17.2 Å². The van der Waals surface area contributed by atoms with E-state index in [1.54, 1.807) is 24.3 Å². The van der Waals surface area contributed by atoms with Crippen molar-refractivity contribution in [1.29, 1.82) is 0 Å². The van der Waals surface area contributed by atoms with Crippen molar-refractivity contribution in [2.24, 2.45) is 0 Å². The minimum Gasteiger partial charge on any atom is -0.489 e. The quantitative estimate of drug-likeness (QED) is 0.389. The highest BCUT2D eigenvalue weighted by Crippen LogP contribution is 2.40. The van der Waals surface area contributed by atoms with Crippen LogP contribution in [0.25, 0.3) is 0 Å². The molecule has 9 nitrogen and oxygen atoms in total. The Kier molecular flexibility index (Phi) is 7.12. The van der Waals surface area contributed by atoms with Crippen molar-refractivity contribution >= 4 is 23.5 Å². The van der Waals surface area contributed by atoms with Gasteiger partial charge < -0.3 is 34.8 Å². The first-order chi connectivity index (χ1) is 15.1. The highest BCUT2D eigenvalue weighted by Gasteiger charge is 2.57. The maximum atomic E-state index is 11.3. The van der Waals surface area contributed by atoms with Gasteiger partial charge in [0.05, 0.1) is 5.02 Å². The molecule has 4 N–H and O–H groups in total. The van der Waals surface area contributed by atoms with E-state index in [9.17, 15) is 24.9 Å². The zero-order valence-electron chi connectivity index (χ0n) is 17.5. The number of ether oxygens (including phenoxy) is 3. The second kappa shape index (κ2) is 9.64. The molecule has 0 saturated carbocycles. The van der Waals surface area contributed by atoms with E-state index in [4.69, 9.17) is 25.8 Å². The number of carboxylic acid groups (broad SMARTS) is 2. The lowest BCUT2D eigenvalue weighted by Crippen LogP contribution is -2.54. The molecule has 10 heteroatoms. The highest BCUT2D eigenvalue weighted by atomic mass is 35.5. The minimum atomic E-state index is -2.78. The molecule has 0 aliphatic carbocycles. The van der Waals surface area contributed by atoms with Gasteiger partial charge in [0, 0.05) is 12.6 Å². The second-order valence-electron chi connectivity index (χ2n) is 7.62. The second-order valence-corrected chi connectivity index (χ2v) is 8.03. The number of aliphatic hydroxyl groups excluding tert-OH is 1. The van der Waals surface area contributed by atoms with Crippen LogP contribution in [0.2, 0.25) is 5.02 Å². The number of hydrogen-bond donors (Lipinski definition) is 4. The molecule has 0 aromatic heterocycles. The maximum absolute atomic E-state index is 11.3. The summed E-state index contributed by atoms with van der Waals surface area (Å²) in [4.78, 5) is 22.7. The molecule has 1 heterocycles. The van der Waals surface area contributed by atoms with E-state index in [-0.39, 0.29) is 30.7 Å². The normalized spacial score (nSPS) is 15.8. The molecule has 0 spiro atoms. The molecule has 2 aromatic rings. The number of carbonyl (C=O) groups is 2. The standard InChI is InChI=1S/C22H24ClNO8/c1-12-3-5-16(23)18(7-12)30-11-15(25)10-24-13(2)8-14-4-6-17-19(9-14)32-22(31-17,20(26)27)21(28)29/h3-7,9,13,15,24-25H,8,10-11H2,1-2H3,(H,26,27)(H,28,29). The molecular weight excluding hydrogens is 442 g/mol. The summed E-state index contributed by atoms with van der Waals surface area (Å²) in [6.45, 7) is 4.17. The molecular formula is C22H24ClNO8. The Labute approximate surface area is 189 Å². The predicted octanol–water partition coefficient (Wildman–Crippen LogP) is 2.25. The van der Waals surface area contributed by atoms with Crippen LogP contribution >= 0.6 is 11.6 Å². The van der Waals surface area contributed by atoms with Crippen molar-refractivity contribution in [1.82, 2.24) is 5.32 Å². The van der Waals surface area contributed by atoms with Gasteiger partial charge in [0.1, 0.15) is 18.5 Å². The van der Waals surface area contributed by atoms with Crippen LogP contribution in [0.1, 0.15) is 18.1 Å². The van der Waals surface area contributed by atoms with Crippen LogP contribution in [0.3, 0.4) is 0 Å². The van der Waals surface area contributed by atoms with Crippen molar-refractivity contribution in [2.45, 2.75) is 38.2 Å². The Bertz CT molecular complexity index is 997. The Hall–Kier alpha value is -3.01. The predicted molar refractivity (Wildman–Crippen MR) is 115 cm³/mol. The Morgan fingerprint density at radius 1 is 1.12 bits per heavy atom. The third-order valence-corrected chi connectivity index (χ3v) is 5.15. The zero-order chi connectivity index (χ0) is 23.5. The maximum Gasteiger partial charge on any atom is 0.453 e. The van der Waals surface area contributed by atoms with Crippen LogP contribution in [0.15, 0.2) is 36.4 Å². The summed E-state index contributed by atoms with van der Waals surface area (Å²) in [6.07, 6.45) is -0.251. The number of fused-ring (bicyclic) bond motifs is 1. The smallest absolute Gasteiger partial charge is 0.453 e. The Morgan fingerprint density at radius 2 is 1.81 bits per heavy atom. The van der Waals surface area contributed by atoms with E-state index >= 15 is 0 Å². The lowest BCUT2D eigenvalue weighted by molar-refractivity contribution is -0.194. The molecule has 2 atom stereocenters. The highest BCUT2D eigenvalue weighted by molar-refractivity contribution is 6.32. The fourth-order valence-electron chi connectivity index (χ4n) is 3.17. The fraction of sp³-hybridized carbons (Fsp3) is 0.364. The molecule has 0 saturated heterocycles. The molecule has 1 aliphatic rings. The van der Waals surface area contributed by atoms with Gasteiger partial charge >= 0.3 is 17.7 Å². The lowest BCUT2D eigenvalue weighted by atomic mass is 10.1. The van der Waals surface area contributed by atoms with Crippen molar-refractivity contribution in [3.05, 3.63) is 52.5 Å². The Morgan fingerprint density at radius 3 is 2.50 bits per heavy atom. The van der Waals surface area contributed by atoms with Gasteiger partial charge in [-0.15, -0.1) is 0 Å². The number of nitrogens with one attached hydrogen (secondary N) is 1. The Balaban J connectivity index is 1.51. The van der Waals surface area contributed by atoms with Crippen LogP contribution < -0.4 is 19.5 Å². The number of aliphatic hydroxyl groups is 1. The summed E-state index contributed by atoms with van der Waals surface area (Å²) in [5, 5.41) is 32.3. The molecule has 0 fully saturated rings. The molecule has 0 amide bonds. The fourth-order valence-corrected chi connectivity index (χ4v) is 3.34. The lowest BCUT2D eigenvalue weighted by Gasteiger charge is -2.18. The number of aryl methyl sites for hydroxylation is 1. The first kappa shape index (κ1) is 23.6. The first-order valence-corrected chi connectivity index (χ1v) is 10.3. The van der Waals surface area contributed by atoms with Gasteiger partial charge in [0.25, 0.3) is 0 Å². The monoisotopic (exact) mass is 465 g/mol. The number of benzene rings is 2. The van der Waals surface area contributed by atoms with E-state index in [2.05, 4.69) is 5.32 Å². The number of hydrogen-bond acceptors (Lipinski definition) is 7. The molecule has 32 heavy (non-hydrogen) atoms. The molecule has 2 unspecified atom stereocenters. The van der Waals surface area contributed by atoms with E-state index in [1.807, 2.05) is 19.9 Å². The number of aliphatic carboxylic acids is 2. The van der Waals surface area contributed by atoms with Crippen molar-refractivity contribution < 1.29 is 39.1 Å². The first-order valence-electron chi connectivity index (χ1n) is 9.89. The van der Waals surface area contributed by atoms with Gasteiger partial charge in [-0.05, 0) is 55.7 Å². The third-order valence-electron chi connectivity index (χ3n) is 4.84. The topological polar surface area (TPSA) is 135 Å². The van der Waals surface area contributed by atoms with E-state index in [1.165, 1.54) is 6.07 Å². The summed E-state index contributed by atoms with van der Waals surface area (Å²) in [7, 11) is 0. The molecule has 0 radical (unpaired) electrons. The summed E-state index contributed by atoms with van der Waals surface area (Å²) < 4.78 is 15.8. The van der Waals surface area contributed by atoms with Gasteiger partial charge in [0.2, 0.25) is 0 Å². The van der Waals surface area contributed by atoms with Gasteiger partial charge in [-0.25, -0.2) is 9.59 Å². The average Bonchev–Trinajstić information content (AvgIpc) is 3.13. The van der Waals surface area contributed by atoms with Gasteiger partial charge in [0.15, 0.2) is 11.5 Å². The van der Waals surface area contributed by atoms with Gasteiger partial charge in [-0.3, -0.25) is 0 Å². The van der Waals surface area contributed by atoms with Crippen molar-refractivity contribution in [2.75, 3.05) is 13.2 Å². The summed E-state index contributed by atoms with van der Waals surface area (Å²) >= 11 is 6.08. The molecule has 172 valence electrons. The van der Waals surface area contributed by atoms with Gasteiger partial charge in [-0.1, -0.05) is 23.7 Å². The zero-order valence-corrected chi connectivity index (χ0v) is 18.3. The van der Waals surface area contributed by atoms with Crippen LogP contribution in [-0.2, 0) is 16.0 Å². The average molecular weight is 466 g/mol. The van der Waals surface area contributed by atoms with Crippen molar-refractivity contribution in [3.8, 4) is 17.2 Å². The SMILES string of the molecule is Cc1ccc(Cl)c(OCC(O)CNC(C)Cc2ccc3c(c2)OC(C(=O)O)(C(=O)O)O3)c1. The summed E-state index contributed by atoms with van der Waals surface area (Å²) in [5.74, 6) is -5.68. The van der Waals surface area contributed by atoms with Crippen LogP contribution in [0.4, 0.5) is 0 Å². The van der Waals surface area contributed by atoms with Gasteiger partial charge in [-0.2, -0.15) is 0 Å². The largest absolute Gasteiger partial charge is 0.489 e. The van der Waals surface area contributed by atoms with Crippen LogP contribution in [0, 0.1) is 6.92 Å². The molecule has 1 aliphatic heterocycles. The number of carboxylic acids is 2. The minimum absolute atomic E-state index is 0.0431. The molecule has 3 rings (SSSR count). The number of halogens is 1. The molecule has 0 bridgehead atoms. The van der Waals surface area contributed by atoms with Crippen LogP contribution in [-0.4, -0.2) is 58.3 Å². The van der Waals surface area contributed by atoms with Crippen molar-refractivity contribution in [3.63, 3.8) is 0 Å². The van der Waals surface area contributed by atoms with E-state index in [0.717, 1.165) is 11.1 Å². The summed E-state index contributed by atoms with van der Waals surface area (Å²) in [5.41, 5.74) is 1.77.